The first kappa shape index (κ1) is 22.1. The molecule has 34 heavy (non-hydrogen) atoms. The highest BCUT2D eigenvalue weighted by molar-refractivity contribution is 7.09. The molecule has 6 nitrogen and oxygen atoms in total. The van der Waals surface area contributed by atoms with Gasteiger partial charge in [-0.3, -0.25) is 4.90 Å². The van der Waals surface area contributed by atoms with Crippen molar-refractivity contribution in [3.8, 4) is 11.4 Å². The Hall–Kier alpha value is -3.71. The molecule has 1 aliphatic heterocycles. The van der Waals surface area contributed by atoms with Gasteiger partial charge in [-0.25, -0.2) is 4.79 Å². The van der Waals surface area contributed by atoms with Gasteiger partial charge in [0, 0.05) is 16.1 Å². The Morgan fingerprint density at radius 1 is 1.03 bits per heavy atom. The predicted molar refractivity (Wildman–Crippen MR) is 134 cm³/mol. The molecule has 1 aliphatic rings. The second-order valence-corrected chi connectivity index (χ2v) is 9.71. The highest BCUT2D eigenvalue weighted by Crippen LogP contribution is 2.38. The summed E-state index contributed by atoms with van der Waals surface area (Å²) in [6.45, 7) is 8.63. The van der Waals surface area contributed by atoms with Crippen LogP contribution < -0.4 is 5.32 Å². The van der Waals surface area contributed by atoms with E-state index in [4.69, 9.17) is 9.51 Å². The summed E-state index contributed by atoms with van der Waals surface area (Å²) in [7, 11) is 0. The molecular formula is C27H26N4O2S. The number of thiophene rings is 1. The van der Waals surface area contributed by atoms with Crippen molar-refractivity contribution in [3.05, 3.63) is 98.7 Å². The topological polar surface area (TPSA) is 71.3 Å². The Bertz CT molecular complexity index is 1370. The predicted octanol–water partition coefficient (Wildman–Crippen LogP) is 6.42. The van der Waals surface area contributed by atoms with E-state index in [0.717, 1.165) is 32.8 Å². The lowest BCUT2D eigenvalue weighted by Gasteiger charge is -2.35. The number of nitrogens with zero attached hydrogens (tertiary/aromatic N) is 3. The van der Waals surface area contributed by atoms with Crippen molar-refractivity contribution >= 4 is 22.9 Å². The number of hydrogen-bond donors (Lipinski definition) is 1. The van der Waals surface area contributed by atoms with Crippen LogP contribution in [0.4, 0.5) is 4.79 Å². The molecule has 0 saturated heterocycles. The summed E-state index contributed by atoms with van der Waals surface area (Å²) in [6.07, 6.45) is 0. The Balaban J connectivity index is 1.61. The average molecular weight is 471 g/mol. The van der Waals surface area contributed by atoms with Gasteiger partial charge in [0.2, 0.25) is 5.82 Å². The van der Waals surface area contributed by atoms with Crippen LogP contribution in [0.5, 0.6) is 0 Å². The van der Waals surface area contributed by atoms with Gasteiger partial charge in [-0.1, -0.05) is 59.3 Å². The van der Waals surface area contributed by atoms with Crippen LogP contribution in [0.15, 0.2) is 70.2 Å². The van der Waals surface area contributed by atoms with Gasteiger partial charge in [0.15, 0.2) is 0 Å². The molecular weight excluding hydrogens is 444 g/mol. The molecule has 1 unspecified atom stereocenters. The summed E-state index contributed by atoms with van der Waals surface area (Å²) < 4.78 is 5.79. The van der Waals surface area contributed by atoms with Crippen molar-refractivity contribution in [2.75, 3.05) is 0 Å². The quantitative estimate of drug-likeness (QED) is 0.365. The van der Waals surface area contributed by atoms with E-state index in [0.29, 0.717) is 18.3 Å². The monoisotopic (exact) mass is 470 g/mol. The van der Waals surface area contributed by atoms with Gasteiger partial charge in [-0.2, -0.15) is 4.98 Å². The van der Waals surface area contributed by atoms with E-state index in [2.05, 4.69) is 36.5 Å². The van der Waals surface area contributed by atoms with Gasteiger partial charge in [-0.15, -0.1) is 11.3 Å². The summed E-state index contributed by atoms with van der Waals surface area (Å²) in [6, 6.07) is 17.7. The van der Waals surface area contributed by atoms with Crippen LogP contribution in [0.3, 0.4) is 0 Å². The maximum absolute atomic E-state index is 13.2. The van der Waals surface area contributed by atoms with Crippen LogP contribution in [-0.2, 0) is 6.54 Å². The number of urea groups is 1. The second-order valence-electron chi connectivity index (χ2n) is 8.68. The molecule has 5 rings (SSSR count). The minimum atomic E-state index is -0.391. The first-order valence-electron chi connectivity index (χ1n) is 11.2. The Kier molecular flexibility index (Phi) is 5.79. The second kappa shape index (κ2) is 8.91. The fourth-order valence-corrected chi connectivity index (χ4v) is 4.85. The van der Waals surface area contributed by atoms with Crippen molar-refractivity contribution in [3.63, 3.8) is 0 Å². The highest BCUT2D eigenvalue weighted by Gasteiger charge is 2.36. The maximum atomic E-state index is 13.2. The highest BCUT2D eigenvalue weighted by atomic mass is 32.1. The van der Waals surface area contributed by atoms with Gasteiger partial charge in [0.1, 0.15) is 0 Å². The molecule has 2 aromatic carbocycles. The molecule has 0 fully saturated rings. The molecule has 2 amide bonds. The molecule has 0 saturated carbocycles. The van der Waals surface area contributed by atoms with Gasteiger partial charge < -0.3 is 9.84 Å². The smallest absolute Gasteiger partial charge is 0.322 e. The first-order valence-corrected chi connectivity index (χ1v) is 12.1. The van der Waals surface area contributed by atoms with E-state index in [1.807, 2.05) is 61.7 Å². The third-order valence-electron chi connectivity index (χ3n) is 6.32. The number of aromatic nitrogens is 2. The third-order valence-corrected chi connectivity index (χ3v) is 7.18. The SMILES string of the molecule is CC1=C(c2nc(-c3ccc(C)cc3)no2)C(c2ccc(C)c(C)c2)NC(=O)N1Cc1cccs1. The van der Waals surface area contributed by atoms with E-state index < -0.39 is 6.04 Å². The molecule has 0 aliphatic carbocycles. The standard InChI is InChI=1S/C27H26N4O2S/c1-16-7-10-20(11-8-16)25-29-26(33-30-25)23-19(4)31(15-22-6-5-13-34-22)27(32)28-24(23)21-12-9-17(2)18(3)14-21/h5-14,24H,15H2,1-4H3,(H,28,32). The summed E-state index contributed by atoms with van der Waals surface area (Å²) in [5.74, 6) is 0.934. The molecule has 0 spiro atoms. The van der Waals surface area contributed by atoms with E-state index in [-0.39, 0.29) is 6.03 Å². The molecule has 172 valence electrons. The summed E-state index contributed by atoms with van der Waals surface area (Å²) in [4.78, 5) is 20.8. The van der Waals surface area contributed by atoms with Crippen LogP contribution >= 0.6 is 11.3 Å². The number of nitrogens with one attached hydrogen (secondary N) is 1. The minimum absolute atomic E-state index is 0.142. The van der Waals surface area contributed by atoms with Crippen molar-refractivity contribution in [2.24, 2.45) is 0 Å². The lowest BCUT2D eigenvalue weighted by atomic mass is 9.92. The molecule has 1 N–H and O–H groups in total. The van der Waals surface area contributed by atoms with Gasteiger partial charge in [0.25, 0.3) is 5.89 Å². The number of benzene rings is 2. The molecule has 7 heteroatoms. The largest absolute Gasteiger partial charge is 0.334 e. The molecule has 0 bridgehead atoms. The Labute approximate surface area is 202 Å². The third kappa shape index (κ3) is 4.15. The molecule has 3 heterocycles. The number of hydrogen-bond acceptors (Lipinski definition) is 5. The molecule has 2 aromatic heterocycles. The summed E-state index contributed by atoms with van der Waals surface area (Å²) in [5, 5.41) is 9.45. The number of allylic oxidation sites excluding steroid dienone is 1. The molecule has 1 atom stereocenters. The Morgan fingerprint density at radius 2 is 1.82 bits per heavy atom. The minimum Gasteiger partial charge on any atom is -0.334 e. The normalized spacial score (nSPS) is 16.2. The first-order chi connectivity index (χ1) is 16.4. The van der Waals surface area contributed by atoms with Gasteiger partial charge >= 0.3 is 6.03 Å². The Morgan fingerprint density at radius 3 is 2.53 bits per heavy atom. The van der Waals surface area contributed by atoms with Gasteiger partial charge in [0.05, 0.1) is 18.2 Å². The maximum Gasteiger partial charge on any atom is 0.322 e. The van der Waals surface area contributed by atoms with Crippen molar-refractivity contribution in [1.82, 2.24) is 20.4 Å². The van der Waals surface area contributed by atoms with E-state index >= 15 is 0 Å². The zero-order valence-electron chi connectivity index (χ0n) is 19.6. The van der Waals surface area contributed by atoms with Crippen LogP contribution in [-0.4, -0.2) is 21.1 Å². The molecule has 0 radical (unpaired) electrons. The zero-order valence-corrected chi connectivity index (χ0v) is 20.4. The lowest BCUT2D eigenvalue weighted by molar-refractivity contribution is 0.203. The number of carbonyl (C=O) groups excluding carboxylic acids is 1. The van der Waals surface area contributed by atoms with E-state index in [1.165, 1.54) is 11.1 Å². The van der Waals surface area contributed by atoms with Crippen molar-refractivity contribution in [1.29, 1.82) is 0 Å². The lowest BCUT2D eigenvalue weighted by Crippen LogP contribution is -2.45. The number of rotatable bonds is 5. The van der Waals surface area contributed by atoms with Crippen molar-refractivity contribution in [2.45, 2.75) is 40.3 Å². The zero-order chi connectivity index (χ0) is 23.8. The van der Waals surface area contributed by atoms with E-state index in [1.54, 1.807) is 16.2 Å². The van der Waals surface area contributed by atoms with Crippen molar-refractivity contribution < 1.29 is 9.32 Å². The molecule has 4 aromatic rings. The number of amides is 2. The summed E-state index contributed by atoms with van der Waals surface area (Å²) >= 11 is 1.63. The van der Waals surface area contributed by atoms with Crippen LogP contribution in [0, 0.1) is 20.8 Å². The van der Waals surface area contributed by atoms with Crippen LogP contribution in [0.25, 0.3) is 17.0 Å². The van der Waals surface area contributed by atoms with E-state index in [9.17, 15) is 4.79 Å². The fourth-order valence-electron chi connectivity index (χ4n) is 4.15. The summed E-state index contributed by atoms with van der Waals surface area (Å²) in [5.41, 5.74) is 7.01. The fraction of sp³-hybridized carbons (Fsp3) is 0.222. The number of aryl methyl sites for hydroxylation is 3. The average Bonchev–Trinajstić information content (AvgIpc) is 3.51. The number of carbonyl (C=O) groups is 1. The van der Waals surface area contributed by atoms with Crippen LogP contribution in [0.1, 0.15) is 46.0 Å². The van der Waals surface area contributed by atoms with Gasteiger partial charge in [-0.05, 0) is 55.8 Å². The van der Waals surface area contributed by atoms with Crippen LogP contribution in [0.2, 0.25) is 0 Å².